The molecule has 3 heteroatoms. The summed E-state index contributed by atoms with van der Waals surface area (Å²) >= 11 is 0. The standard InChI is InChI=1S/C11H23N3/c1-8(9-6-7-9)14(5)10(12)13-11(2,3)4/h8-9H,6-7H2,1-5H3,(H2,12,13). The monoisotopic (exact) mass is 197 g/mol. The van der Waals surface area contributed by atoms with Crippen LogP contribution in [0, 0.1) is 5.92 Å². The molecule has 2 N–H and O–H groups in total. The lowest BCUT2D eigenvalue weighted by Crippen LogP contribution is -2.42. The van der Waals surface area contributed by atoms with Gasteiger partial charge in [0.1, 0.15) is 0 Å². The summed E-state index contributed by atoms with van der Waals surface area (Å²) in [5.41, 5.74) is 5.86. The summed E-state index contributed by atoms with van der Waals surface area (Å²) in [5.74, 6) is 1.49. The van der Waals surface area contributed by atoms with Crippen LogP contribution in [0.3, 0.4) is 0 Å². The van der Waals surface area contributed by atoms with Crippen molar-refractivity contribution in [2.45, 2.75) is 52.1 Å². The Bertz CT molecular complexity index is 223. The van der Waals surface area contributed by atoms with Gasteiger partial charge in [-0.1, -0.05) is 0 Å². The van der Waals surface area contributed by atoms with Crippen LogP contribution in [0.25, 0.3) is 0 Å². The second kappa shape index (κ2) is 3.79. The maximum atomic E-state index is 5.95. The fourth-order valence-electron chi connectivity index (χ4n) is 1.53. The van der Waals surface area contributed by atoms with Gasteiger partial charge in [-0.3, -0.25) is 0 Å². The molecule has 0 saturated heterocycles. The van der Waals surface area contributed by atoms with Gasteiger partial charge in [-0.2, -0.15) is 0 Å². The van der Waals surface area contributed by atoms with Gasteiger partial charge in [0.2, 0.25) is 0 Å². The number of nitrogens with two attached hydrogens (primary N) is 1. The van der Waals surface area contributed by atoms with Gasteiger partial charge in [-0.15, -0.1) is 0 Å². The molecule has 0 bridgehead atoms. The Labute approximate surface area is 87.4 Å². The molecule has 14 heavy (non-hydrogen) atoms. The number of hydrogen-bond donors (Lipinski definition) is 1. The molecular formula is C11H23N3. The molecule has 0 heterocycles. The molecule has 0 aromatic carbocycles. The molecule has 0 amide bonds. The lowest BCUT2D eigenvalue weighted by atomic mass is 10.1. The minimum atomic E-state index is -0.0817. The number of hydrogen-bond acceptors (Lipinski definition) is 1. The van der Waals surface area contributed by atoms with Crippen LogP contribution >= 0.6 is 0 Å². The highest BCUT2D eigenvalue weighted by Crippen LogP contribution is 2.34. The maximum absolute atomic E-state index is 5.95. The minimum Gasteiger partial charge on any atom is -0.370 e. The van der Waals surface area contributed by atoms with Crippen LogP contribution in [0.1, 0.15) is 40.5 Å². The van der Waals surface area contributed by atoms with Crippen LogP contribution in [0.2, 0.25) is 0 Å². The largest absolute Gasteiger partial charge is 0.370 e. The Balaban J connectivity index is 2.58. The summed E-state index contributed by atoms with van der Waals surface area (Å²) in [5, 5.41) is 0. The van der Waals surface area contributed by atoms with E-state index in [2.05, 4.69) is 37.6 Å². The van der Waals surface area contributed by atoms with Crippen molar-refractivity contribution in [2.24, 2.45) is 16.6 Å². The zero-order valence-electron chi connectivity index (χ0n) is 10.0. The van der Waals surface area contributed by atoms with Crippen LogP contribution in [0.4, 0.5) is 0 Å². The van der Waals surface area contributed by atoms with Gasteiger partial charge in [-0.25, -0.2) is 4.99 Å². The molecule has 0 spiro atoms. The molecule has 0 radical (unpaired) electrons. The fourth-order valence-corrected chi connectivity index (χ4v) is 1.53. The average molecular weight is 197 g/mol. The lowest BCUT2D eigenvalue weighted by molar-refractivity contribution is 0.345. The highest BCUT2D eigenvalue weighted by Gasteiger charge is 2.31. The summed E-state index contributed by atoms with van der Waals surface area (Å²) in [6.07, 6.45) is 2.68. The number of guanidine groups is 1. The van der Waals surface area contributed by atoms with E-state index in [1.54, 1.807) is 0 Å². The zero-order chi connectivity index (χ0) is 10.9. The molecule has 1 fully saturated rings. The third-order valence-electron chi connectivity index (χ3n) is 2.73. The van der Waals surface area contributed by atoms with Crippen molar-refractivity contribution in [1.82, 2.24) is 4.90 Å². The van der Waals surface area contributed by atoms with Gasteiger partial charge in [0.25, 0.3) is 0 Å². The first-order valence-corrected chi connectivity index (χ1v) is 5.39. The van der Waals surface area contributed by atoms with Crippen LogP contribution in [0.5, 0.6) is 0 Å². The van der Waals surface area contributed by atoms with Crippen molar-refractivity contribution in [3.8, 4) is 0 Å². The van der Waals surface area contributed by atoms with E-state index in [0.717, 1.165) is 5.92 Å². The van der Waals surface area contributed by atoms with Gasteiger partial charge >= 0.3 is 0 Å². The van der Waals surface area contributed by atoms with E-state index in [0.29, 0.717) is 12.0 Å². The van der Waals surface area contributed by atoms with Crippen molar-refractivity contribution in [2.75, 3.05) is 7.05 Å². The Morgan fingerprint density at radius 2 is 1.93 bits per heavy atom. The first-order valence-electron chi connectivity index (χ1n) is 5.39. The van der Waals surface area contributed by atoms with E-state index >= 15 is 0 Å². The molecule has 1 aliphatic rings. The predicted molar refractivity (Wildman–Crippen MR) is 61.3 cm³/mol. The first-order chi connectivity index (χ1) is 6.31. The summed E-state index contributed by atoms with van der Waals surface area (Å²) < 4.78 is 0. The van der Waals surface area contributed by atoms with Crippen molar-refractivity contribution < 1.29 is 0 Å². The van der Waals surface area contributed by atoms with E-state index in [4.69, 9.17) is 5.73 Å². The van der Waals surface area contributed by atoms with Crippen LogP contribution in [-0.4, -0.2) is 29.5 Å². The maximum Gasteiger partial charge on any atom is 0.191 e. The molecule has 82 valence electrons. The van der Waals surface area contributed by atoms with Gasteiger partial charge < -0.3 is 10.6 Å². The predicted octanol–water partition coefficient (Wildman–Crippen LogP) is 1.83. The van der Waals surface area contributed by atoms with Gasteiger partial charge in [-0.05, 0) is 46.5 Å². The molecular weight excluding hydrogens is 174 g/mol. The number of rotatable bonds is 2. The van der Waals surface area contributed by atoms with Crippen LogP contribution in [0.15, 0.2) is 4.99 Å². The Kier molecular flexibility index (Phi) is 3.07. The highest BCUT2D eigenvalue weighted by atomic mass is 15.3. The van der Waals surface area contributed by atoms with E-state index in [9.17, 15) is 0 Å². The van der Waals surface area contributed by atoms with E-state index in [1.165, 1.54) is 12.8 Å². The molecule has 3 nitrogen and oxygen atoms in total. The van der Waals surface area contributed by atoms with Crippen LogP contribution in [-0.2, 0) is 0 Å². The normalized spacial score (nSPS) is 20.8. The molecule has 1 saturated carbocycles. The second-order valence-corrected chi connectivity index (χ2v) is 5.33. The highest BCUT2D eigenvalue weighted by molar-refractivity contribution is 5.78. The molecule has 0 aliphatic heterocycles. The van der Waals surface area contributed by atoms with Gasteiger partial charge in [0.05, 0.1) is 5.54 Å². The molecule has 1 atom stereocenters. The summed E-state index contributed by atoms with van der Waals surface area (Å²) in [7, 11) is 2.04. The topological polar surface area (TPSA) is 41.6 Å². The fraction of sp³-hybridized carbons (Fsp3) is 0.909. The van der Waals surface area contributed by atoms with Crippen molar-refractivity contribution >= 4 is 5.96 Å². The Morgan fingerprint density at radius 1 is 1.43 bits per heavy atom. The van der Waals surface area contributed by atoms with Crippen molar-refractivity contribution in [1.29, 1.82) is 0 Å². The third kappa shape index (κ3) is 3.20. The Hall–Kier alpha value is -0.730. The summed E-state index contributed by atoms with van der Waals surface area (Å²) in [4.78, 5) is 6.56. The molecule has 0 aromatic heterocycles. The first kappa shape index (κ1) is 11.3. The van der Waals surface area contributed by atoms with E-state index < -0.39 is 0 Å². The quantitative estimate of drug-likeness (QED) is 0.542. The minimum absolute atomic E-state index is 0.0817. The van der Waals surface area contributed by atoms with Gasteiger partial charge in [0, 0.05) is 13.1 Å². The van der Waals surface area contributed by atoms with Gasteiger partial charge in [0.15, 0.2) is 5.96 Å². The smallest absolute Gasteiger partial charge is 0.191 e. The molecule has 0 aromatic rings. The average Bonchev–Trinajstić information content (AvgIpc) is 2.80. The SMILES string of the molecule is CC(C1CC1)N(C)C(N)=NC(C)(C)C. The lowest BCUT2D eigenvalue weighted by Gasteiger charge is -2.27. The number of aliphatic imine (C=N–C) groups is 1. The molecule has 1 rings (SSSR count). The summed E-state index contributed by atoms with van der Waals surface area (Å²) in [6, 6.07) is 0.529. The van der Waals surface area contributed by atoms with Crippen molar-refractivity contribution in [3.63, 3.8) is 0 Å². The van der Waals surface area contributed by atoms with Crippen LogP contribution < -0.4 is 5.73 Å². The van der Waals surface area contributed by atoms with E-state index in [1.807, 2.05) is 7.05 Å². The Morgan fingerprint density at radius 3 is 2.29 bits per heavy atom. The summed E-state index contributed by atoms with van der Waals surface area (Å²) in [6.45, 7) is 8.42. The second-order valence-electron chi connectivity index (χ2n) is 5.33. The van der Waals surface area contributed by atoms with Crippen molar-refractivity contribution in [3.05, 3.63) is 0 Å². The zero-order valence-corrected chi connectivity index (χ0v) is 10.0. The molecule has 1 unspecified atom stereocenters. The third-order valence-corrected chi connectivity index (χ3v) is 2.73. The van der Waals surface area contributed by atoms with E-state index in [-0.39, 0.29) is 5.54 Å². The number of nitrogens with zero attached hydrogens (tertiary/aromatic N) is 2. The molecule has 1 aliphatic carbocycles.